The van der Waals surface area contributed by atoms with Gasteiger partial charge in [0.25, 0.3) is 0 Å². The van der Waals surface area contributed by atoms with Gasteiger partial charge in [-0.25, -0.2) is 0 Å². The van der Waals surface area contributed by atoms with Crippen molar-refractivity contribution in [2.75, 3.05) is 5.43 Å². The molecule has 2 aromatic carbocycles. The molecule has 0 aliphatic rings. The van der Waals surface area contributed by atoms with Crippen molar-refractivity contribution < 1.29 is 0 Å². The van der Waals surface area contributed by atoms with Crippen molar-refractivity contribution in [2.24, 2.45) is 5.10 Å². The second-order valence-electron chi connectivity index (χ2n) is 4.95. The number of nitrogens with zero attached hydrogens (tertiary/aromatic N) is 1. The van der Waals surface area contributed by atoms with Crippen molar-refractivity contribution >= 4 is 22.8 Å². The molecule has 3 rings (SSSR count). The number of H-pyrrole nitrogens is 1. The molecule has 0 aliphatic carbocycles. The van der Waals surface area contributed by atoms with Crippen LogP contribution in [0.15, 0.2) is 53.6 Å². The van der Waals surface area contributed by atoms with Crippen molar-refractivity contribution in [1.82, 2.24) is 4.98 Å². The van der Waals surface area contributed by atoms with E-state index in [-0.39, 0.29) is 0 Å². The summed E-state index contributed by atoms with van der Waals surface area (Å²) in [6.45, 7) is 4.13. The average molecular weight is 263 g/mol. The summed E-state index contributed by atoms with van der Waals surface area (Å²) in [5.41, 5.74) is 8.68. The van der Waals surface area contributed by atoms with E-state index in [0.29, 0.717) is 0 Å². The fourth-order valence-electron chi connectivity index (χ4n) is 2.26. The zero-order valence-electron chi connectivity index (χ0n) is 11.6. The van der Waals surface area contributed by atoms with Crippen LogP contribution < -0.4 is 5.43 Å². The molecule has 100 valence electrons. The van der Waals surface area contributed by atoms with Gasteiger partial charge in [-0.1, -0.05) is 35.9 Å². The highest BCUT2D eigenvalue weighted by Gasteiger charge is 2.04. The van der Waals surface area contributed by atoms with Gasteiger partial charge < -0.3 is 4.98 Å². The minimum Gasteiger partial charge on any atom is -0.358 e. The second-order valence-corrected chi connectivity index (χ2v) is 4.95. The van der Waals surface area contributed by atoms with E-state index < -0.39 is 0 Å². The van der Waals surface area contributed by atoms with E-state index in [4.69, 9.17) is 0 Å². The monoisotopic (exact) mass is 263 g/mol. The predicted molar refractivity (Wildman–Crippen MR) is 85.4 cm³/mol. The SMILES string of the molecule is Cc1ccc(N/N=C/c2c(C)[nH]c3ccccc23)cc1. The fraction of sp³-hybridized carbons (Fsp3) is 0.118. The van der Waals surface area contributed by atoms with E-state index in [2.05, 4.69) is 53.6 Å². The molecule has 20 heavy (non-hydrogen) atoms. The maximum absolute atomic E-state index is 4.33. The van der Waals surface area contributed by atoms with Crippen LogP contribution in [0.5, 0.6) is 0 Å². The minimum absolute atomic E-state index is 0.990. The Kier molecular flexibility index (Phi) is 3.25. The molecule has 0 unspecified atom stereocenters. The van der Waals surface area contributed by atoms with E-state index >= 15 is 0 Å². The molecule has 0 amide bonds. The normalized spacial score (nSPS) is 11.3. The summed E-state index contributed by atoms with van der Waals surface area (Å²) < 4.78 is 0. The number of benzene rings is 2. The first kappa shape index (κ1) is 12.5. The second kappa shape index (κ2) is 5.21. The van der Waals surface area contributed by atoms with Gasteiger partial charge in [0.05, 0.1) is 11.9 Å². The lowest BCUT2D eigenvalue weighted by molar-refractivity contribution is 1.28. The number of hydrazone groups is 1. The molecular formula is C17H17N3. The average Bonchev–Trinajstić information content (AvgIpc) is 2.77. The van der Waals surface area contributed by atoms with E-state index in [1.54, 1.807) is 0 Å². The molecule has 0 atom stereocenters. The lowest BCUT2D eigenvalue weighted by atomic mass is 10.1. The molecule has 1 aromatic heterocycles. The molecule has 1 heterocycles. The molecule has 0 radical (unpaired) electrons. The van der Waals surface area contributed by atoms with Crippen molar-refractivity contribution in [2.45, 2.75) is 13.8 Å². The number of anilines is 1. The molecule has 3 heteroatoms. The van der Waals surface area contributed by atoms with E-state index in [1.165, 1.54) is 10.9 Å². The van der Waals surface area contributed by atoms with E-state index in [0.717, 1.165) is 22.5 Å². The lowest BCUT2D eigenvalue weighted by Gasteiger charge is -2.00. The van der Waals surface area contributed by atoms with Gasteiger partial charge in [0.2, 0.25) is 0 Å². The minimum atomic E-state index is 0.990. The number of aromatic nitrogens is 1. The molecule has 0 aliphatic heterocycles. The Morgan fingerprint density at radius 1 is 1.00 bits per heavy atom. The van der Waals surface area contributed by atoms with Crippen LogP contribution in [-0.2, 0) is 0 Å². The molecule has 3 nitrogen and oxygen atoms in total. The van der Waals surface area contributed by atoms with Crippen LogP contribution >= 0.6 is 0 Å². The number of para-hydroxylation sites is 1. The zero-order chi connectivity index (χ0) is 13.9. The molecule has 3 aromatic rings. The Bertz CT molecular complexity index is 752. The van der Waals surface area contributed by atoms with Crippen LogP contribution in [0.25, 0.3) is 10.9 Å². The summed E-state index contributed by atoms with van der Waals surface area (Å²) in [5, 5.41) is 5.52. The number of fused-ring (bicyclic) bond motifs is 1. The van der Waals surface area contributed by atoms with Crippen molar-refractivity contribution in [3.63, 3.8) is 0 Å². The summed E-state index contributed by atoms with van der Waals surface area (Å²) >= 11 is 0. The van der Waals surface area contributed by atoms with Crippen LogP contribution in [0, 0.1) is 13.8 Å². The molecule has 0 bridgehead atoms. The largest absolute Gasteiger partial charge is 0.358 e. The number of aryl methyl sites for hydroxylation is 2. The fourth-order valence-corrected chi connectivity index (χ4v) is 2.26. The first-order valence-electron chi connectivity index (χ1n) is 6.67. The number of hydrogen-bond donors (Lipinski definition) is 2. The molecule has 0 saturated carbocycles. The van der Waals surface area contributed by atoms with Gasteiger partial charge in [0.15, 0.2) is 0 Å². The molecule has 0 spiro atoms. The summed E-state index contributed by atoms with van der Waals surface area (Å²) in [6, 6.07) is 16.4. The highest BCUT2D eigenvalue weighted by Crippen LogP contribution is 2.20. The molecule has 0 saturated heterocycles. The Morgan fingerprint density at radius 2 is 1.75 bits per heavy atom. The lowest BCUT2D eigenvalue weighted by Crippen LogP contribution is -1.91. The van der Waals surface area contributed by atoms with Crippen LogP contribution in [0.4, 0.5) is 5.69 Å². The third kappa shape index (κ3) is 2.43. The first-order chi connectivity index (χ1) is 9.74. The summed E-state index contributed by atoms with van der Waals surface area (Å²) in [4.78, 5) is 3.36. The zero-order valence-corrected chi connectivity index (χ0v) is 11.6. The van der Waals surface area contributed by atoms with Crippen LogP contribution in [0.2, 0.25) is 0 Å². The van der Waals surface area contributed by atoms with Crippen molar-refractivity contribution in [3.05, 3.63) is 65.4 Å². The van der Waals surface area contributed by atoms with Crippen LogP contribution in [0.3, 0.4) is 0 Å². The number of aromatic amines is 1. The number of nitrogens with one attached hydrogen (secondary N) is 2. The first-order valence-corrected chi connectivity index (χ1v) is 6.67. The maximum Gasteiger partial charge on any atom is 0.0568 e. The number of hydrogen-bond acceptors (Lipinski definition) is 2. The Labute approximate surface area is 118 Å². The molecular weight excluding hydrogens is 246 g/mol. The molecule has 2 N–H and O–H groups in total. The maximum atomic E-state index is 4.33. The summed E-state index contributed by atoms with van der Waals surface area (Å²) in [7, 11) is 0. The van der Waals surface area contributed by atoms with Crippen LogP contribution in [0.1, 0.15) is 16.8 Å². The van der Waals surface area contributed by atoms with Gasteiger partial charge in [-0.05, 0) is 32.0 Å². The van der Waals surface area contributed by atoms with Gasteiger partial charge in [0.1, 0.15) is 0 Å². The van der Waals surface area contributed by atoms with Crippen LogP contribution in [-0.4, -0.2) is 11.2 Å². The third-order valence-corrected chi connectivity index (χ3v) is 3.38. The smallest absolute Gasteiger partial charge is 0.0568 e. The summed E-state index contributed by atoms with van der Waals surface area (Å²) in [6.07, 6.45) is 1.87. The molecule has 0 fully saturated rings. The highest BCUT2D eigenvalue weighted by atomic mass is 15.3. The standard InChI is InChI=1S/C17H17N3/c1-12-7-9-14(10-8-12)20-18-11-16-13(2)19-17-6-4-3-5-15(16)17/h3-11,19-20H,1-2H3/b18-11+. The Hall–Kier alpha value is -2.55. The van der Waals surface area contributed by atoms with Crippen molar-refractivity contribution in [3.8, 4) is 0 Å². The van der Waals surface area contributed by atoms with E-state index in [1.807, 2.05) is 30.5 Å². The topological polar surface area (TPSA) is 40.2 Å². The highest BCUT2D eigenvalue weighted by molar-refractivity contribution is 6.00. The Morgan fingerprint density at radius 3 is 2.55 bits per heavy atom. The van der Waals surface area contributed by atoms with E-state index in [9.17, 15) is 0 Å². The van der Waals surface area contributed by atoms with Gasteiger partial charge >= 0.3 is 0 Å². The van der Waals surface area contributed by atoms with Gasteiger partial charge in [-0.15, -0.1) is 0 Å². The summed E-state index contributed by atoms with van der Waals surface area (Å²) in [5.74, 6) is 0. The van der Waals surface area contributed by atoms with Crippen molar-refractivity contribution in [1.29, 1.82) is 0 Å². The predicted octanol–water partition coefficient (Wildman–Crippen LogP) is 4.23. The Balaban J connectivity index is 1.84. The van der Waals surface area contributed by atoms with Gasteiger partial charge in [-0.3, -0.25) is 5.43 Å². The number of rotatable bonds is 3. The third-order valence-electron chi connectivity index (χ3n) is 3.38. The van der Waals surface area contributed by atoms with Gasteiger partial charge in [-0.2, -0.15) is 5.10 Å². The quantitative estimate of drug-likeness (QED) is 0.538. The van der Waals surface area contributed by atoms with Gasteiger partial charge in [0, 0.05) is 22.2 Å².